The number of benzene rings is 1. The molecule has 4 nitrogen and oxygen atoms in total. The minimum Gasteiger partial charge on any atom is -0.372 e. The second-order valence-electron chi connectivity index (χ2n) is 4.23. The monoisotopic (exact) mass is 267 g/mol. The third kappa shape index (κ3) is 1.85. The van der Waals surface area contributed by atoms with Crippen molar-refractivity contribution in [2.45, 2.75) is 19.3 Å². The minimum atomic E-state index is -4.56. The third-order valence-electron chi connectivity index (χ3n) is 3.08. The van der Waals surface area contributed by atoms with Gasteiger partial charge in [0.05, 0.1) is 34.8 Å². The van der Waals surface area contributed by atoms with E-state index in [9.17, 15) is 13.2 Å². The minimum absolute atomic E-state index is 0.242. The van der Waals surface area contributed by atoms with E-state index in [1.807, 2.05) is 0 Å². The molecule has 0 bridgehead atoms. The van der Waals surface area contributed by atoms with Gasteiger partial charge in [0.1, 0.15) is 12.4 Å². The van der Waals surface area contributed by atoms with Crippen LogP contribution in [0.2, 0.25) is 0 Å². The average Bonchev–Trinajstić information content (AvgIpc) is 2.73. The zero-order valence-corrected chi connectivity index (χ0v) is 9.66. The zero-order valence-electron chi connectivity index (χ0n) is 9.66. The molecule has 3 rings (SSSR count). The van der Waals surface area contributed by atoms with Crippen molar-refractivity contribution in [3.63, 3.8) is 0 Å². The van der Waals surface area contributed by atoms with Gasteiger partial charge in [0.2, 0.25) is 0 Å². The molecular weight excluding hydrogens is 259 g/mol. The SMILES string of the molecule is N#Cc1cc2c(cc1C(F)(F)F)nc1n2CCOC1. The number of nitrogens with zero attached hydrogens (tertiary/aromatic N) is 3. The van der Waals surface area contributed by atoms with Gasteiger partial charge in [0.25, 0.3) is 0 Å². The Labute approximate surface area is 106 Å². The van der Waals surface area contributed by atoms with Gasteiger partial charge in [-0.05, 0) is 12.1 Å². The van der Waals surface area contributed by atoms with E-state index in [-0.39, 0.29) is 17.7 Å². The molecule has 0 N–H and O–H groups in total. The highest BCUT2D eigenvalue weighted by Gasteiger charge is 2.34. The van der Waals surface area contributed by atoms with Crippen LogP contribution in [0.15, 0.2) is 12.1 Å². The fourth-order valence-electron chi connectivity index (χ4n) is 2.23. The summed E-state index contributed by atoms with van der Waals surface area (Å²) in [5.74, 6) is 0.587. The first kappa shape index (κ1) is 12.0. The normalized spacial score (nSPS) is 15.3. The Morgan fingerprint density at radius 2 is 2.16 bits per heavy atom. The molecule has 98 valence electrons. The van der Waals surface area contributed by atoms with Crippen LogP contribution in [0.3, 0.4) is 0 Å². The second-order valence-corrected chi connectivity index (χ2v) is 4.23. The van der Waals surface area contributed by atoms with Crippen molar-refractivity contribution < 1.29 is 17.9 Å². The van der Waals surface area contributed by atoms with Gasteiger partial charge < -0.3 is 9.30 Å². The highest BCUT2D eigenvalue weighted by molar-refractivity contribution is 5.79. The van der Waals surface area contributed by atoms with E-state index in [1.54, 1.807) is 10.6 Å². The smallest absolute Gasteiger partial charge is 0.372 e. The average molecular weight is 267 g/mol. The van der Waals surface area contributed by atoms with Crippen molar-refractivity contribution in [3.05, 3.63) is 29.1 Å². The number of rotatable bonds is 0. The molecule has 1 aliphatic heterocycles. The predicted molar refractivity (Wildman–Crippen MR) is 59.1 cm³/mol. The Kier molecular flexibility index (Phi) is 2.50. The summed E-state index contributed by atoms with van der Waals surface area (Å²) in [7, 11) is 0. The molecule has 0 amide bonds. The Morgan fingerprint density at radius 3 is 2.84 bits per heavy atom. The molecule has 0 saturated heterocycles. The van der Waals surface area contributed by atoms with E-state index in [4.69, 9.17) is 10.00 Å². The molecule has 1 aromatic carbocycles. The van der Waals surface area contributed by atoms with Crippen LogP contribution in [0.1, 0.15) is 17.0 Å². The summed E-state index contributed by atoms with van der Waals surface area (Å²) in [6.45, 7) is 1.29. The maximum Gasteiger partial charge on any atom is 0.417 e. The number of halogens is 3. The van der Waals surface area contributed by atoms with Crippen LogP contribution in [-0.4, -0.2) is 16.2 Å². The molecule has 0 aliphatic carbocycles. The highest BCUT2D eigenvalue weighted by atomic mass is 19.4. The zero-order chi connectivity index (χ0) is 13.6. The van der Waals surface area contributed by atoms with Crippen molar-refractivity contribution in [1.82, 2.24) is 9.55 Å². The Bertz CT molecular complexity index is 697. The molecule has 0 saturated carbocycles. The van der Waals surface area contributed by atoms with Crippen LogP contribution in [0, 0.1) is 11.3 Å². The molecule has 0 fully saturated rings. The standard InChI is InChI=1S/C12H8F3N3O/c13-12(14,15)8-4-9-10(3-7(8)5-16)18-1-2-19-6-11(18)17-9/h3-4H,1-2,6H2. The van der Waals surface area contributed by atoms with Gasteiger partial charge in [-0.25, -0.2) is 4.98 Å². The molecule has 0 radical (unpaired) electrons. The summed E-state index contributed by atoms with van der Waals surface area (Å²) in [4.78, 5) is 4.13. The van der Waals surface area contributed by atoms with Crippen LogP contribution < -0.4 is 0 Å². The van der Waals surface area contributed by atoms with Gasteiger partial charge in [0, 0.05) is 6.54 Å². The number of aromatic nitrogens is 2. The van der Waals surface area contributed by atoms with E-state index < -0.39 is 11.7 Å². The van der Waals surface area contributed by atoms with Gasteiger partial charge in [-0.3, -0.25) is 0 Å². The number of imidazole rings is 1. The Hall–Kier alpha value is -2.07. The molecule has 2 heterocycles. The van der Waals surface area contributed by atoms with Gasteiger partial charge >= 0.3 is 6.18 Å². The molecule has 1 aromatic heterocycles. The van der Waals surface area contributed by atoms with Crippen LogP contribution in [-0.2, 0) is 24.1 Å². The fourth-order valence-corrected chi connectivity index (χ4v) is 2.23. The lowest BCUT2D eigenvalue weighted by Crippen LogP contribution is -2.16. The Morgan fingerprint density at radius 1 is 1.37 bits per heavy atom. The second kappa shape index (κ2) is 3.96. The maximum absolute atomic E-state index is 12.8. The molecule has 19 heavy (non-hydrogen) atoms. The first-order valence-electron chi connectivity index (χ1n) is 5.59. The topological polar surface area (TPSA) is 50.8 Å². The number of ether oxygens (including phenoxy) is 1. The summed E-state index contributed by atoms with van der Waals surface area (Å²) < 4.78 is 45.5. The highest BCUT2D eigenvalue weighted by Crippen LogP contribution is 2.34. The molecule has 7 heteroatoms. The predicted octanol–water partition coefficient (Wildman–Crippen LogP) is 2.46. The quantitative estimate of drug-likeness (QED) is 0.736. The molecule has 0 spiro atoms. The number of hydrogen-bond donors (Lipinski definition) is 0. The fraction of sp³-hybridized carbons (Fsp3) is 0.333. The van der Waals surface area contributed by atoms with Crippen LogP contribution >= 0.6 is 0 Å². The summed E-state index contributed by atoms with van der Waals surface area (Å²) in [5, 5.41) is 8.88. The largest absolute Gasteiger partial charge is 0.417 e. The first-order valence-corrected chi connectivity index (χ1v) is 5.59. The van der Waals surface area contributed by atoms with Crippen LogP contribution in [0.25, 0.3) is 11.0 Å². The van der Waals surface area contributed by atoms with Gasteiger partial charge in [-0.15, -0.1) is 0 Å². The molecule has 0 atom stereocenters. The van der Waals surface area contributed by atoms with Crippen molar-refractivity contribution >= 4 is 11.0 Å². The van der Waals surface area contributed by atoms with E-state index in [0.29, 0.717) is 24.5 Å². The number of hydrogen-bond acceptors (Lipinski definition) is 3. The Balaban J connectivity index is 2.30. The molecule has 2 aromatic rings. The van der Waals surface area contributed by atoms with Crippen LogP contribution in [0.4, 0.5) is 13.2 Å². The maximum atomic E-state index is 12.8. The lowest BCUT2D eigenvalue weighted by Gasteiger charge is -2.15. The van der Waals surface area contributed by atoms with Gasteiger partial charge in [-0.2, -0.15) is 18.4 Å². The van der Waals surface area contributed by atoms with E-state index in [0.717, 1.165) is 6.07 Å². The lowest BCUT2D eigenvalue weighted by molar-refractivity contribution is -0.137. The number of nitriles is 1. The van der Waals surface area contributed by atoms with Gasteiger partial charge in [0.15, 0.2) is 0 Å². The molecule has 0 unspecified atom stereocenters. The van der Waals surface area contributed by atoms with Crippen molar-refractivity contribution in [2.75, 3.05) is 6.61 Å². The summed E-state index contributed by atoms with van der Waals surface area (Å²) in [6.07, 6.45) is -4.56. The number of fused-ring (bicyclic) bond motifs is 3. The van der Waals surface area contributed by atoms with E-state index in [1.165, 1.54) is 6.07 Å². The first-order chi connectivity index (χ1) is 9.00. The molecule has 1 aliphatic rings. The number of alkyl halides is 3. The summed E-state index contributed by atoms with van der Waals surface area (Å²) in [6, 6.07) is 3.78. The molecular formula is C12H8F3N3O. The van der Waals surface area contributed by atoms with Crippen molar-refractivity contribution in [3.8, 4) is 6.07 Å². The summed E-state index contributed by atoms with van der Waals surface area (Å²) in [5.41, 5.74) is -0.539. The lowest BCUT2D eigenvalue weighted by atomic mass is 10.1. The van der Waals surface area contributed by atoms with E-state index in [2.05, 4.69) is 4.98 Å². The van der Waals surface area contributed by atoms with E-state index >= 15 is 0 Å². The van der Waals surface area contributed by atoms with Crippen molar-refractivity contribution in [1.29, 1.82) is 5.26 Å². The van der Waals surface area contributed by atoms with Crippen molar-refractivity contribution in [2.24, 2.45) is 0 Å². The van der Waals surface area contributed by atoms with Crippen LogP contribution in [0.5, 0.6) is 0 Å². The summed E-state index contributed by atoms with van der Waals surface area (Å²) >= 11 is 0. The third-order valence-corrected chi connectivity index (χ3v) is 3.08. The van der Waals surface area contributed by atoms with Gasteiger partial charge in [-0.1, -0.05) is 0 Å².